The second kappa shape index (κ2) is 5.34. The monoisotopic (exact) mass is 209 g/mol. The molecule has 0 spiro atoms. The molecule has 0 saturated carbocycles. The van der Waals surface area contributed by atoms with Crippen molar-refractivity contribution in [2.24, 2.45) is 0 Å². The molecule has 0 aliphatic carbocycles. The van der Waals surface area contributed by atoms with Gasteiger partial charge in [0.05, 0.1) is 0 Å². The molecule has 0 aromatic rings. The maximum absolute atomic E-state index is 11.8. The van der Waals surface area contributed by atoms with Crippen LogP contribution in [0.1, 0.15) is 52.9 Å². The van der Waals surface area contributed by atoms with Crippen LogP contribution in [0, 0.1) is 0 Å². The molecule has 1 aliphatic rings. The highest BCUT2D eigenvalue weighted by Crippen LogP contribution is 2.28. The van der Waals surface area contributed by atoms with E-state index >= 15 is 0 Å². The number of rotatable bonds is 5. The Morgan fingerprint density at radius 2 is 1.93 bits per heavy atom. The van der Waals surface area contributed by atoms with Crippen LogP contribution in [0.5, 0.6) is 0 Å². The first-order valence-corrected chi connectivity index (χ1v) is 6.12. The van der Waals surface area contributed by atoms with Crippen LogP contribution in [0.15, 0.2) is 12.2 Å². The molecule has 1 amide bonds. The summed E-state index contributed by atoms with van der Waals surface area (Å²) in [4.78, 5) is 13.9. The van der Waals surface area contributed by atoms with E-state index in [0.717, 1.165) is 38.6 Å². The van der Waals surface area contributed by atoms with Crippen molar-refractivity contribution in [3.05, 3.63) is 12.2 Å². The third kappa shape index (κ3) is 2.83. The predicted octanol–water partition coefficient (Wildman–Crippen LogP) is 3.13. The van der Waals surface area contributed by atoms with Crippen molar-refractivity contribution in [1.82, 2.24) is 4.90 Å². The lowest BCUT2D eigenvalue weighted by Crippen LogP contribution is -2.50. The SMILES string of the molecule is CCCC(C)(CCC)N1CCC=CC1=O. The minimum absolute atomic E-state index is 0.0747. The quantitative estimate of drug-likeness (QED) is 0.681. The van der Waals surface area contributed by atoms with Crippen molar-refractivity contribution in [1.29, 1.82) is 0 Å². The van der Waals surface area contributed by atoms with Crippen LogP contribution in [0.2, 0.25) is 0 Å². The van der Waals surface area contributed by atoms with Crippen LogP contribution < -0.4 is 0 Å². The number of carbonyl (C=O) groups excluding carboxylic acids is 1. The Morgan fingerprint density at radius 3 is 2.40 bits per heavy atom. The maximum atomic E-state index is 11.8. The third-order valence-electron chi connectivity index (χ3n) is 3.27. The van der Waals surface area contributed by atoms with Gasteiger partial charge in [0.1, 0.15) is 0 Å². The molecule has 0 atom stereocenters. The zero-order chi connectivity index (χ0) is 11.3. The Balaban J connectivity index is 2.78. The maximum Gasteiger partial charge on any atom is 0.246 e. The molecular weight excluding hydrogens is 186 g/mol. The highest BCUT2D eigenvalue weighted by molar-refractivity contribution is 5.89. The Labute approximate surface area is 93.3 Å². The topological polar surface area (TPSA) is 20.3 Å². The molecule has 15 heavy (non-hydrogen) atoms. The zero-order valence-corrected chi connectivity index (χ0v) is 10.3. The van der Waals surface area contributed by atoms with Gasteiger partial charge in [-0.05, 0) is 32.3 Å². The average Bonchev–Trinajstić information content (AvgIpc) is 2.19. The molecule has 1 heterocycles. The minimum atomic E-state index is 0.0747. The highest BCUT2D eigenvalue weighted by Gasteiger charge is 2.33. The van der Waals surface area contributed by atoms with Gasteiger partial charge in [0, 0.05) is 12.1 Å². The van der Waals surface area contributed by atoms with Gasteiger partial charge >= 0.3 is 0 Å². The molecule has 0 radical (unpaired) electrons. The molecule has 0 N–H and O–H groups in total. The number of amides is 1. The number of nitrogens with zero attached hydrogens (tertiary/aromatic N) is 1. The largest absolute Gasteiger partial charge is 0.333 e. The molecule has 0 aromatic carbocycles. The summed E-state index contributed by atoms with van der Waals surface area (Å²) in [7, 11) is 0. The van der Waals surface area contributed by atoms with Gasteiger partial charge in [-0.25, -0.2) is 0 Å². The molecule has 0 aromatic heterocycles. The molecule has 0 saturated heterocycles. The van der Waals surface area contributed by atoms with Crippen molar-refractivity contribution in [2.45, 2.75) is 58.4 Å². The highest BCUT2D eigenvalue weighted by atomic mass is 16.2. The van der Waals surface area contributed by atoms with E-state index in [0.29, 0.717) is 0 Å². The van der Waals surface area contributed by atoms with Gasteiger partial charge in [-0.1, -0.05) is 32.8 Å². The predicted molar refractivity (Wildman–Crippen MR) is 63.7 cm³/mol. The van der Waals surface area contributed by atoms with E-state index in [-0.39, 0.29) is 11.4 Å². The molecule has 1 aliphatic heterocycles. The van der Waals surface area contributed by atoms with E-state index in [2.05, 4.69) is 25.7 Å². The summed E-state index contributed by atoms with van der Waals surface area (Å²) >= 11 is 0. The van der Waals surface area contributed by atoms with Crippen molar-refractivity contribution in [2.75, 3.05) is 6.54 Å². The van der Waals surface area contributed by atoms with Gasteiger partial charge in [-0.2, -0.15) is 0 Å². The van der Waals surface area contributed by atoms with E-state index < -0.39 is 0 Å². The summed E-state index contributed by atoms with van der Waals surface area (Å²) in [5, 5.41) is 0. The standard InChI is InChI=1S/C13H23NO/c1-4-9-13(3,10-5-2)14-11-7-6-8-12(14)15/h6,8H,4-5,7,9-11H2,1-3H3. The van der Waals surface area contributed by atoms with Crippen LogP contribution in [0.25, 0.3) is 0 Å². The van der Waals surface area contributed by atoms with E-state index in [9.17, 15) is 4.79 Å². The van der Waals surface area contributed by atoms with Gasteiger partial charge in [-0.15, -0.1) is 0 Å². The van der Waals surface area contributed by atoms with Gasteiger partial charge in [0.15, 0.2) is 0 Å². The molecule has 2 nitrogen and oxygen atoms in total. The van der Waals surface area contributed by atoms with Crippen LogP contribution in [0.4, 0.5) is 0 Å². The number of hydrogen-bond acceptors (Lipinski definition) is 1. The fourth-order valence-electron chi connectivity index (χ4n) is 2.60. The van der Waals surface area contributed by atoms with E-state index in [1.165, 1.54) is 0 Å². The number of carbonyl (C=O) groups is 1. The second-order valence-corrected chi connectivity index (χ2v) is 4.68. The van der Waals surface area contributed by atoms with E-state index in [4.69, 9.17) is 0 Å². The van der Waals surface area contributed by atoms with Gasteiger partial charge in [0.2, 0.25) is 5.91 Å². The Morgan fingerprint density at radius 1 is 1.33 bits per heavy atom. The molecule has 0 unspecified atom stereocenters. The lowest BCUT2D eigenvalue weighted by molar-refractivity contribution is -0.133. The average molecular weight is 209 g/mol. The molecular formula is C13H23NO. The summed E-state index contributed by atoms with van der Waals surface area (Å²) in [6, 6.07) is 0. The molecule has 86 valence electrons. The van der Waals surface area contributed by atoms with Crippen LogP contribution in [-0.4, -0.2) is 22.9 Å². The summed E-state index contributed by atoms with van der Waals surface area (Å²) in [6.45, 7) is 7.51. The Kier molecular flexibility index (Phi) is 4.37. The fraction of sp³-hybridized carbons (Fsp3) is 0.769. The third-order valence-corrected chi connectivity index (χ3v) is 3.27. The molecule has 1 rings (SSSR count). The lowest BCUT2D eigenvalue weighted by atomic mass is 9.88. The summed E-state index contributed by atoms with van der Waals surface area (Å²) in [5.41, 5.74) is 0.0747. The first-order chi connectivity index (χ1) is 7.14. The van der Waals surface area contributed by atoms with Crippen LogP contribution >= 0.6 is 0 Å². The van der Waals surface area contributed by atoms with E-state index in [1.807, 2.05) is 6.08 Å². The molecule has 0 bridgehead atoms. The summed E-state index contributed by atoms with van der Waals surface area (Å²) < 4.78 is 0. The number of hydrogen-bond donors (Lipinski definition) is 0. The smallest absolute Gasteiger partial charge is 0.246 e. The summed E-state index contributed by atoms with van der Waals surface area (Å²) in [6.07, 6.45) is 9.23. The van der Waals surface area contributed by atoms with Gasteiger partial charge in [0.25, 0.3) is 0 Å². The van der Waals surface area contributed by atoms with Crippen molar-refractivity contribution in [3.8, 4) is 0 Å². The summed E-state index contributed by atoms with van der Waals surface area (Å²) in [5.74, 6) is 0.200. The second-order valence-electron chi connectivity index (χ2n) is 4.68. The van der Waals surface area contributed by atoms with Crippen LogP contribution in [-0.2, 0) is 4.79 Å². The Hall–Kier alpha value is -0.790. The van der Waals surface area contributed by atoms with Crippen LogP contribution in [0.3, 0.4) is 0 Å². The van der Waals surface area contributed by atoms with E-state index in [1.54, 1.807) is 6.08 Å². The normalized spacial score (nSPS) is 17.3. The first-order valence-electron chi connectivity index (χ1n) is 6.12. The lowest BCUT2D eigenvalue weighted by Gasteiger charge is -2.42. The molecule has 2 heteroatoms. The fourth-order valence-corrected chi connectivity index (χ4v) is 2.60. The minimum Gasteiger partial charge on any atom is -0.333 e. The van der Waals surface area contributed by atoms with Crippen molar-refractivity contribution in [3.63, 3.8) is 0 Å². The zero-order valence-electron chi connectivity index (χ0n) is 10.3. The Bertz CT molecular complexity index is 239. The van der Waals surface area contributed by atoms with Crippen molar-refractivity contribution < 1.29 is 4.79 Å². The first kappa shape index (κ1) is 12.3. The van der Waals surface area contributed by atoms with Crippen molar-refractivity contribution >= 4 is 5.91 Å². The van der Waals surface area contributed by atoms with Gasteiger partial charge in [-0.3, -0.25) is 4.79 Å². The molecule has 0 fully saturated rings. The van der Waals surface area contributed by atoms with Gasteiger partial charge < -0.3 is 4.90 Å².